The lowest BCUT2D eigenvalue weighted by molar-refractivity contribution is 0.0526. The van der Waals surface area contributed by atoms with E-state index in [0.29, 0.717) is 6.54 Å². The maximum Gasteiger partial charge on any atom is 0.342 e. The Balaban J connectivity index is 1.89. The molecule has 0 radical (unpaired) electrons. The summed E-state index contributed by atoms with van der Waals surface area (Å²) in [7, 11) is 0. The van der Waals surface area contributed by atoms with Crippen LogP contribution in [0.15, 0.2) is 42.6 Å². The Kier molecular flexibility index (Phi) is 4.02. The van der Waals surface area contributed by atoms with Crippen molar-refractivity contribution in [2.45, 2.75) is 13.5 Å². The fourth-order valence-electron chi connectivity index (χ4n) is 2.31. The van der Waals surface area contributed by atoms with E-state index >= 15 is 0 Å². The second kappa shape index (κ2) is 6.28. The molecule has 2 aromatic heterocycles. The van der Waals surface area contributed by atoms with Crippen molar-refractivity contribution in [2.75, 3.05) is 6.61 Å². The van der Waals surface area contributed by atoms with Gasteiger partial charge in [0.25, 0.3) is 0 Å². The summed E-state index contributed by atoms with van der Waals surface area (Å²) in [6.45, 7) is 2.34. The van der Waals surface area contributed by atoms with Crippen LogP contribution in [-0.2, 0) is 11.3 Å². The minimum atomic E-state index is -0.540. The minimum Gasteiger partial charge on any atom is -0.462 e. The molecule has 114 valence electrons. The summed E-state index contributed by atoms with van der Waals surface area (Å²) in [5.41, 5.74) is 1.92. The fraction of sp³-hybridized carbons (Fsp3) is 0.176. The predicted octanol–water partition coefficient (Wildman–Crippen LogP) is 2.53. The van der Waals surface area contributed by atoms with Gasteiger partial charge in [-0.15, -0.1) is 0 Å². The van der Waals surface area contributed by atoms with Crippen LogP contribution in [0.2, 0.25) is 0 Å². The van der Waals surface area contributed by atoms with Crippen molar-refractivity contribution >= 4 is 16.9 Å². The zero-order chi connectivity index (χ0) is 16.2. The number of hydrogen-bond acceptors (Lipinski definition) is 5. The molecule has 0 saturated heterocycles. The molecule has 0 aliphatic heterocycles. The van der Waals surface area contributed by atoms with E-state index in [4.69, 9.17) is 10.00 Å². The monoisotopic (exact) mass is 306 g/mol. The molecule has 0 unspecified atom stereocenters. The number of hydrogen-bond donors (Lipinski definition) is 0. The summed E-state index contributed by atoms with van der Waals surface area (Å²) in [6, 6.07) is 13.6. The number of ether oxygens (including phenoxy) is 1. The van der Waals surface area contributed by atoms with Gasteiger partial charge in [-0.05, 0) is 19.1 Å². The number of rotatable bonds is 4. The highest BCUT2D eigenvalue weighted by atomic mass is 16.5. The van der Waals surface area contributed by atoms with Crippen LogP contribution in [0.25, 0.3) is 10.9 Å². The van der Waals surface area contributed by atoms with E-state index in [1.807, 2.05) is 42.5 Å². The van der Waals surface area contributed by atoms with Crippen LogP contribution in [0, 0.1) is 11.3 Å². The number of fused-ring (bicyclic) bond motifs is 1. The smallest absolute Gasteiger partial charge is 0.342 e. The lowest BCUT2D eigenvalue weighted by atomic mass is 10.2. The molecule has 0 bridgehead atoms. The van der Waals surface area contributed by atoms with Crippen LogP contribution < -0.4 is 0 Å². The summed E-state index contributed by atoms with van der Waals surface area (Å²) < 4.78 is 6.46. The van der Waals surface area contributed by atoms with Gasteiger partial charge < -0.3 is 4.74 Å². The van der Waals surface area contributed by atoms with Crippen LogP contribution in [0.3, 0.4) is 0 Å². The molecule has 0 spiro atoms. The first kappa shape index (κ1) is 14.7. The van der Waals surface area contributed by atoms with Gasteiger partial charge >= 0.3 is 5.97 Å². The van der Waals surface area contributed by atoms with Crippen LogP contribution >= 0.6 is 0 Å². The average Bonchev–Trinajstić information content (AvgIpc) is 2.98. The first-order chi connectivity index (χ1) is 11.2. The summed E-state index contributed by atoms with van der Waals surface area (Å²) >= 11 is 0. The number of carbonyl (C=O) groups excluding carboxylic acids is 1. The van der Waals surface area contributed by atoms with E-state index in [0.717, 1.165) is 16.6 Å². The van der Waals surface area contributed by atoms with Crippen molar-refractivity contribution in [3.05, 3.63) is 59.5 Å². The first-order valence-electron chi connectivity index (χ1n) is 7.20. The maximum atomic E-state index is 11.8. The molecule has 0 atom stereocenters. The summed E-state index contributed by atoms with van der Waals surface area (Å²) in [5.74, 6) is -0.540. The van der Waals surface area contributed by atoms with Gasteiger partial charge in [0.05, 0.1) is 24.4 Å². The number of carbonyl (C=O) groups is 1. The first-order valence-corrected chi connectivity index (χ1v) is 7.20. The molecule has 0 amide bonds. The third-order valence-electron chi connectivity index (χ3n) is 3.34. The highest BCUT2D eigenvalue weighted by molar-refractivity contribution is 5.91. The van der Waals surface area contributed by atoms with E-state index in [-0.39, 0.29) is 17.9 Å². The Labute approximate surface area is 132 Å². The van der Waals surface area contributed by atoms with Gasteiger partial charge in [0.15, 0.2) is 5.69 Å². The zero-order valence-corrected chi connectivity index (χ0v) is 12.6. The second-order valence-electron chi connectivity index (χ2n) is 4.92. The Morgan fingerprint density at radius 3 is 2.91 bits per heavy atom. The van der Waals surface area contributed by atoms with Crippen LogP contribution in [0.4, 0.5) is 0 Å². The topological polar surface area (TPSA) is 80.8 Å². The molecule has 0 fully saturated rings. The SMILES string of the molecule is CCOC(=O)c1cn(Cc2ccc3ccccc3n2)nc1C#N. The van der Waals surface area contributed by atoms with E-state index in [1.165, 1.54) is 10.9 Å². The Morgan fingerprint density at radius 2 is 2.13 bits per heavy atom. The van der Waals surface area contributed by atoms with E-state index < -0.39 is 5.97 Å². The molecule has 6 heteroatoms. The molecular formula is C17H14N4O2. The molecule has 0 N–H and O–H groups in total. The normalized spacial score (nSPS) is 10.4. The standard InChI is InChI=1S/C17H14N4O2/c1-2-23-17(22)14-11-21(20-16(14)9-18)10-13-8-7-12-5-3-4-6-15(12)19-13/h3-8,11H,2,10H2,1H3. The maximum absolute atomic E-state index is 11.8. The average molecular weight is 306 g/mol. The van der Waals surface area contributed by atoms with Crippen LogP contribution in [-0.4, -0.2) is 27.3 Å². The number of esters is 1. The largest absolute Gasteiger partial charge is 0.462 e. The Bertz CT molecular complexity index is 908. The number of aromatic nitrogens is 3. The van der Waals surface area contributed by atoms with Gasteiger partial charge in [-0.1, -0.05) is 24.3 Å². The van der Waals surface area contributed by atoms with Crippen LogP contribution in [0.1, 0.15) is 28.7 Å². The molecule has 0 saturated carbocycles. The molecule has 0 aliphatic carbocycles. The number of benzene rings is 1. The van der Waals surface area contributed by atoms with Gasteiger partial charge in [0, 0.05) is 11.6 Å². The molecule has 3 rings (SSSR count). The molecular weight excluding hydrogens is 292 g/mol. The second-order valence-corrected chi connectivity index (χ2v) is 4.92. The highest BCUT2D eigenvalue weighted by Gasteiger charge is 2.17. The van der Waals surface area contributed by atoms with E-state index in [1.54, 1.807) is 6.92 Å². The minimum absolute atomic E-state index is 0.0595. The molecule has 0 aliphatic rings. The predicted molar refractivity (Wildman–Crippen MR) is 83.7 cm³/mol. The van der Waals surface area contributed by atoms with Gasteiger partial charge in [-0.25, -0.2) is 4.79 Å². The van der Waals surface area contributed by atoms with Crippen LogP contribution in [0.5, 0.6) is 0 Å². The number of nitriles is 1. The molecule has 3 aromatic rings. The van der Waals surface area contributed by atoms with Gasteiger partial charge in [-0.2, -0.15) is 10.4 Å². The van der Waals surface area contributed by atoms with Crippen molar-refractivity contribution in [3.8, 4) is 6.07 Å². The lowest BCUT2D eigenvalue weighted by Crippen LogP contribution is -2.05. The van der Waals surface area contributed by atoms with Crippen molar-refractivity contribution in [1.29, 1.82) is 5.26 Å². The van der Waals surface area contributed by atoms with Crippen molar-refractivity contribution in [2.24, 2.45) is 0 Å². The van der Waals surface area contributed by atoms with Crippen molar-refractivity contribution in [3.63, 3.8) is 0 Å². The van der Waals surface area contributed by atoms with Crippen molar-refractivity contribution in [1.82, 2.24) is 14.8 Å². The fourth-order valence-corrected chi connectivity index (χ4v) is 2.31. The highest BCUT2D eigenvalue weighted by Crippen LogP contribution is 2.14. The number of pyridine rings is 1. The van der Waals surface area contributed by atoms with E-state index in [9.17, 15) is 4.79 Å². The Morgan fingerprint density at radius 1 is 1.30 bits per heavy atom. The Hall–Kier alpha value is -3.20. The molecule has 2 heterocycles. The molecule has 23 heavy (non-hydrogen) atoms. The number of para-hydroxylation sites is 1. The van der Waals surface area contributed by atoms with Gasteiger partial charge in [0.1, 0.15) is 11.6 Å². The third-order valence-corrected chi connectivity index (χ3v) is 3.34. The molecule has 6 nitrogen and oxygen atoms in total. The summed E-state index contributed by atoms with van der Waals surface area (Å²) in [5, 5.41) is 14.3. The summed E-state index contributed by atoms with van der Waals surface area (Å²) in [6.07, 6.45) is 1.52. The summed E-state index contributed by atoms with van der Waals surface area (Å²) in [4.78, 5) is 16.4. The molecule has 1 aromatic carbocycles. The lowest BCUT2D eigenvalue weighted by Gasteiger charge is -2.03. The van der Waals surface area contributed by atoms with Crippen molar-refractivity contribution < 1.29 is 9.53 Å². The van der Waals surface area contributed by atoms with Gasteiger partial charge in [-0.3, -0.25) is 9.67 Å². The van der Waals surface area contributed by atoms with E-state index in [2.05, 4.69) is 10.1 Å². The van der Waals surface area contributed by atoms with Gasteiger partial charge in [0.2, 0.25) is 0 Å². The third kappa shape index (κ3) is 3.04. The zero-order valence-electron chi connectivity index (χ0n) is 12.6. The number of nitrogens with zero attached hydrogens (tertiary/aromatic N) is 4. The quantitative estimate of drug-likeness (QED) is 0.692.